The van der Waals surface area contributed by atoms with Crippen molar-refractivity contribution in [3.05, 3.63) is 0 Å². The molecule has 1 aliphatic carbocycles. The molecule has 0 bridgehead atoms. The van der Waals surface area contributed by atoms with Crippen LogP contribution in [0.25, 0.3) is 0 Å². The third-order valence-electron chi connectivity index (χ3n) is 3.55. The Kier molecular flexibility index (Phi) is 1.84. The number of carboxylic acid groups (broad SMARTS) is 1. The van der Waals surface area contributed by atoms with Gasteiger partial charge in [-0.05, 0) is 6.42 Å². The second-order valence-corrected chi connectivity index (χ2v) is 4.17. The first kappa shape index (κ1) is 10.3. The second kappa shape index (κ2) is 2.68. The van der Waals surface area contributed by atoms with E-state index in [1.807, 2.05) is 0 Å². The molecular formula is C9H11F2NO3. The van der Waals surface area contributed by atoms with Crippen molar-refractivity contribution in [1.29, 1.82) is 0 Å². The third kappa shape index (κ3) is 1.04. The van der Waals surface area contributed by atoms with Crippen molar-refractivity contribution in [2.45, 2.75) is 19.3 Å². The lowest BCUT2D eigenvalue weighted by Crippen LogP contribution is -2.40. The number of hydrogen-bond acceptors (Lipinski definition) is 2. The minimum atomic E-state index is -3.16. The number of aliphatic carboxylic acids is 1. The third-order valence-corrected chi connectivity index (χ3v) is 3.55. The Morgan fingerprint density at radius 1 is 1.47 bits per heavy atom. The molecule has 0 aromatic rings. The van der Waals surface area contributed by atoms with E-state index in [-0.39, 0.29) is 25.4 Å². The van der Waals surface area contributed by atoms with E-state index in [1.165, 1.54) is 11.8 Å². The van der Waals surface area contributed by atoms with Gasteiger partial charge in [0.2, 0.25) is 5.91 Å². The molecule has 0 spiro atoms. The number of carbonyl (C=O) groups excluding carboxylic acids is 1. The van der Waals surface area contributed by atoms with Gasteiger partial charge in [-0.25, -0.2) is 8.78 Å². The van der Waals surface area contributed by atoms with Gasteiger partial charge in [-0.15, -0.1) is 0 Å². The number of nitrogens with zero attached hydrogens (tertiary/aromatic N) is 1. The SMILES string of the molecule is CC(=O)N1CCC2(C(=O)O)C(C1)C2(F)F. The van der Waals surface area contributed by atoms with Gasteiger partial charge in [0, 0.05) is 20.0 Å². The molecule has 1 amide bonds. The van der Waals surface area contributed by atoms with Gasteiger partial charge in [-0.2, -0.15) is 0 Å². The number of amides is 1. The van der Waals surface area contributed by atoms with Gasteiger partial charge < -0.3 is 10.0 Å². The normalized spacial score (nSPS) is 37.0. The van der Waals surface area contributed by atoms with Crippen LogP contribution >= 0.6 is 0 Å². The fourth-order valence-electron chi connectivity index (χ4n) is 2.45. The zero-order valence-corrected chi connectivity index (χ0v) is 8.17. The highest BCUT2D eigenvalue weighted by Crippen LogP contribution is 2.69. The first-order chi connectivity index (χ1) is 6.84. The van der Waals surface area contributed by atoms with Crippen LogP contribution in [0.2, 0.25) is 0 Å². The van der Waals surface area contributed by atoms with Gasteiger partial charge in [-0.1, -0.05) is 0 Å². The highest BCUT2D eigenvalue weighted by Gasteiger charge is 2.85. The second-order valence-electron chi connectivity index (χ2n) is 4.17. The molecule has 2 unspecified atom stereocenters. The Hall–Kier alpha value is -1.20. The van der Waals surface area contributed by atoms with Crippen molar-refractivity contribution < 1.29 is 23.5 Å². The van der Waals surface area contributed by atoms with Crippen molar-refractivity contribution in [1.82, 2.24) is 4.90 Å². The van der Waals surface area contributed by atoms with E-state index in [0.29, 0.717) is 0 Å². The monoisotopic (exact) mass is 219 g/mol. The van der Waals surface area contributed by atoms with Crippen LogP contribution in [0.1, 0.15) is 13.3 Å². The maximum Gasteiger partial charge on any atom is 0.316 e. The molecule has 1 N–H and O–H groups in total. The van der Waals surface area contributed by atoms with E-state index < -0.39 is 23.2 Å². The van der Waals surface area contributed by atoms with E-state index in [0.717, 1.165) is 0 Å². The summed E-state index contributed by atoms with van der Waals surface area (Å²) in [6.07, 6.45) is -0.153. The van der Waals surface area contributed by atoms with E-state index >= 15 is 0 Å². The Bertz CT molecular complexity index is 344. The van der Waals surface area contributed by atoms with Gasteiger partial charge in [0.25, 0.3) is 5.92 Å². The number of halogens is 2. The lowest BCUT2D eigenvalue weighted by molar-refractivity contribution is -0.150. The van der Waals surface area contributed by atoms with Gasteiger partial charge >= 0.3 is 5.97 Å². The average molecular weight is 219 g/mol. The van der Waals surface area contributed by atoms with Crippen LogP contribution in [0.4, 0.5) is 8.78 Å². The Balaban J connectivity index is 2.21. The maximum atomic E-state index is 13.3. The van der Waals surface area contributed by atoms with Crippen LogP contribution in [0.5, 0.6) is 0 Å². The summed E-state index contributed by atoms with van der Waals surface area (Å²) in [6.45, 7) is 1.26. The smallest absolute Gasteiger partial charge is 0.316 e. The molecule has 15 heavy (non-hydrogen) atoms. The molecule has 1 saturated heterocycles. The zero-order valence-electron chi connectivity index (χ0n) is 8.17. The predicted molar refractivity (Wildman–Crippen MR) is 45.4 cm³/mol. The molecule has 1 aliphatic heterocycles. The predicted octanol–water partition coefficient (Wildman–Crippen LogP) is 0.575. The molecule has 0 aromatic heterocycles. The Morgan fingerprint density at radius 2 is 2.07 bits per heavy atom. The molecule has 4 nitrogen and oxygen atoms in total. The average Bonchev–Trinajstić information content (AvgIpc) is 2.65. The summed E-state index contributed by atoms with van der Waals surface area (Å²) in [5.41, 5.74) is -1.90. The van der Waals surface area contributed by atoms with E-state index in [9.17, 15) is 18.4 Å². The zero-order chi connectivity index (χ0) is 11.4. The summed E-state index contributed by atoms with van der Waals surface area (Å²) in [5.74, 6) is -6.10. The minimum absolute atomic E-state index is 0.105. The van der Waals surface area contributed by atoms with Crippen molar-refractivity contribution in [3.63, 3.8) is 0 Å². The maximum absolute atomic E-state index is 13.3. The molecular weight excluding hydrogens is 208 g/mol. The number of fused-ring (bicyclic) bond motifs is 1. The largest absolute Gasteiger partial charge is 0.481 e. The lowest BCUT2D eigenvalue weighted by Gasteiger charge is -2.27. The van der Waals surface area contributed by atoms with Gasteiger partial charge in [-0.3, -0.25) is 9.59 Å². The summed E-state index contributed by atoms with van der Waals surface area (Å²) in [4.78, 5) is 23.1. The van der Waals surface area contributed by atoms with Crippen LogP contribution < -0.4 is 0 Å². The quantitative estimate of drug-likeness (QED) is 0.701. The number of piperidine rings is 1. The molecule has 2 rings (SSSR count). The fraction of sp³-hybridized carbons (Fsp3) is 0.778. The summed E-state index contributed by atoms with van der Waals surface area (Å²) >= 11 is 0. The highest BCUT2D eigenvalue weighted by atomic mass is 19.3. The van der Waals surface area contributed by atoms with Crippen molar-refractivity contribution in [2.24, 2.45) is 11.3 Å². The Morgan fingerprint density at radius 3 is 2.47 bits per heavy atom. The van der Waals surface area contributed by atoms with E-state index in [1.54, 1.807) is 0 Å². The first-order valence-corrected chi connectivity index (χ1v) is 4.71. The van der Waals surface area contributed by atoms with Gasteiger partial charge in [0.05, 0.1) is 5.92 Å². The van der Waals surface area contributed by atoms with Crippen LogP contribution in [0.3, 0.4) is 0 Å². The van der Waals surface area contributed by atoms with Crippen molar-refractivity contribution >= 4 is 11.9 Å². The standard InChI is InChI=1S/C9H11F2NO3/c1-5(13)12-3-2-8(7(14)15)6(4-12)9(8,10)11/h6H,2-4H2,1H3,(H,14,15). The van der Waals surface area contributed by atoms with Crippen LogP contribution in [0.15, 0.2) is 0 Å². The highest BCUT2D eigenvalue weighted by molar-refractivity contribution is 5.83. The summed E-state index contributed by atoms with van der Waals surface area (Å²) < 4.78 is 26.7. The summed E-state index contributed by atoms with van der Waals surface area (Å²) in [6, 6.07) is 0. The topological polar surface area (TPSA) is 57.6 Å². The fourth-order valence-corrected chi connectivity index (χ4v) is 2.45. The van der Waals surface area contributed by atoms with Gasteiger partial charge in [0.15, 0.2) is 0 Å². The molecule has 2 atom stereocenters. The minimum Gasteiger partial charge on any atom is -0.481 e. The number of rotatable bonds is 1. The van der Waals surface area contributed by atoms with Crippen molar-refractivity contribution in [3.8, 4) is 0 Å². The van der Waals surface area contributed by atoms with Crippen LogP contribution in [-0.2, 0) is 9.59 Å². The van der Waals surface area contributed by atoms with Crippen LogP contribution in [-0.4, -0.2) is 40.9 Å². The van der Waals surface area contributed by atoms with Crippen molar-refractivity contribution in [2.75, 3.05) is 13.1 Å². The van der Waals surface area contributed by atoms with E-state index in [4.69, 9.17) is 5.11 Å². The molecule has 6 heteroatoms. The lowest BCUT2D eigenvalue weighted by atomic mass is 9.95. The molecule has 1 heterocycles. The molecule has 2 aliphatic rings. The number of likely N-dealkylation sites (tertiary alicyclic amines) is 1. The summed E-state index contributed by atoms with van der Waals surface area (Å²) in [5, 5.41) is 8.82. The molecule has 84 valence electrons. The first-order valence-electron chi connectivity index (χ1n) is 4.71. The summed E-state index contributed by atoms with van der Waals surface area (Å²) in [7, 11) is 0. The molecule has 0 radical (unpaired) electrons. The number of hydrogen-bond donors (Lipinski definition) is 1. The molecule has 2 fully saturated rings. The molecule has 1 saturated carbocycles. The Labute approximate surface area is 84.9 Å². The molecule has 0 aromatic carbocycles. The van der Waals surface area contributed by atoms with Gasteiger partial charge in [0.1, 0.15) is 5.41 Å². The number of carboxylic acids is 1. The van der Waals surface area contributed by atoms with E-state index in [2.05, 4.69) is 0 Å². The number of alkyl halides is 2. The van der Waals surface area contributed by atoms with Crippen LogP contribution in [0, 0.1) is 11.3 Å². The number of carbonyl (C=O) groups is 2.